The van der Waals surface area contributed by atoms with Crippen molar-refractivity contribution in [3.63, 3.8) is 0 Å². The second-order valence-electron chi connectivity index (χ2n) is 11.8. The molecule has 0 nitrogen and oxygen atoms in total. The Hall–Kier alpha value is -0.230. The third-order valence-corrected chi connectivity index (χ3v) is 10.1. The van der Waals surface area contributed by atoms with E-state index in [2.05, 4.69) is 46.8 Å². The molecule has 0 aromatic rings. The minimum Gasteiger partial charge on any atom is -0.123 e. The maximum atomic E-state index is 6.54. The quantitative estimate of drug-likeness (QED) is 0.404. The summed E-state index contributed by atoms with van der Waals surface area (Å²) >= 11 is 6.54. The molecule has 0 spiro atoms. The number of hydrogen-bond acceptors (Lipinski definition) is 0. The highest BCUT2D eigenvalue weighted by Gasteiger charge is 2.56. The first kappa shape index (κ1) is 21.0. The van der Waals surface area contributed by atoms with E-state index in [0.717, 1.165) is 36.0 Å². The molecule has 0 aromatic heterocycles. The molecule has 4 aliphatic carbocycles. The summed E-state index contributed by atoms with van der Waals surface area (Å²) in [6.45, 7) is 12.6. The van der Waals surface area contributed by atoms with Crippen LogP contribution in [-0.4, -0.2) is 5.38 Å². The molecule has 0 amide bonds. The van der Waals surface area contributed by atoms with Crippen LogP contribution < -0.4 is 0 Å². The minimum atomic E-state index is 0.366. The average molecular weight is 403 g/mol. The van der Waals surface area contributed by atoms with Crippen LogP contribution in [0.25, 0.3) is 0 Å². The summed E-state index contributed by atoms with van der Waals surface area (Å²) in [5.41, 5.74) is 4.44. The minimum absolute atomic E-state index is 0.366. The van der Waals surface area contributed by atoms with Gasteiger partial charge in [0.1, 0.15) is 0 Å². The van der Waals surface area contributed by atoms with Gasteiger partial charge in [-0.15, -0.1) is 11.6 Å². The van der Waals surface area contributed by atoms with Gasteiger partial charge >= 0.3 is 0 Å². The molecule has 0 saturated heterocycles. The normalized spacial score (nSPS) is 43.7. The zero-order chi connectivity index (χ0) is 20.1. The average Bonchev–Trinajstić information content (AvgIpc) is 2.99. The van der Waals surface area contributed by atoms with Crippen LogP contribution in [-0.2, 0) is 0 Å². The highest BCUT2D eigenvalue weighted by atomic mass is 35.5. The molecule has 158 valence electrons. The number of alkyl halides is 1. The summed E-state index contributed by atoms with van der Waals surface area (Å²) in [6, 6.07) is 0. The first-order valence-corrected chi connectivity index (χ1v) is 12.7. The molecular formula is C27H43Cl. The summed E-state index contributed by atoms with van der Waals surface area (Å²) < 4.78 is 0. The van der Waals surface area contributed by atoms with Gasteiger partial charge in [0.2, 0.25) is 0 Å². The fraction of sp³-hybridized carbons (Fsp3) is 0.852. The molecular weight excluding hydrogens is 360 g/mol. The lowest BCUT2D eigenvalue weighted by Crippen LogP contribution is -2.46. The molecule has 4 aliphatic rings. The van der Waals surface area contributed by atoms with E-state index in [1.807, 2.05) is 5.57 Å². The molecule has 0 aromatic carbocycles. The molecule has 3 saturated carbocycles. The van der Waals surface area contributed by atoms with Crippen LogP contribution >= 0.6 is 11.6 Å². The van der Waals surface area contributed by atoms with E-state index >= 15 is 0 Å². The number of rotatable bonds is 5. The number of allylic oxidation sites excluding steroid dienone is 4. The van der Waals surface area contributed by atoms with Crippen molar-refractivity contribution >= 4 is 11.6 Å². The van der Waals surface area contributed by atoms with Gasteiger partial charge in [0.15, 0.2) is 0 Å². The first-order valence-electron chi connectivity index (χ1n) is 12.3. The number of halogens is 1. The van der Waals surface area contributed by atoms with Gasteiger partial charge in [0.25, 0.3) is 0 Å². The molecule has 0 N–H and O–H groups in total. The lowest BCUT2D eigenvalue weighted by atomic mass is 9.50. The molecule has 0 bridgehead atoms. The van der Waals surface area contributed by atoms with Crippen LogP contribution in [0.5, 0.6) is 0 Å². The lowest BCUT2D eigenvalue weighted by Gasteiger charge is -2.55. The molecule has 0 radical (unpaired) electrons. The third kappa shape index (κ3) is 3.44. The van der Waals surface area contributed by atoms with Crippen LogP contribution in [0.1, 0.15) is 98.8 Å². The Labute approximate surface area is 179 Å². The Bertz CT molecular complexity index is 643. The van der Waals surface area contributed by atoms with Crippen molar-refractivity contribution in [2.45, 2.75) is 104 Å². The summed E-state index contributed by atoms with van der Waals surface area (Å²) in [7, 11) is 0. The van der Waals surface area contributed by atoms with Gasteiger partial charge in [0, 0.05) is 5.38 Å². The fourth-order valence-electron chi connectivity index (χ4n) is 7.98. The zero-order valence-electron chi connectivity index (χ0n) is 19.1. The summed E-state index contributed by atoms with van der Waals surface area (Å²) in [5.74, 6) is 4.31. The largest absolute Gasteiger partial charge is 0.123 e. The van der Waals surface area contributed by atoms with Crippen molar-refractivity contribution in [2.24, 2.45) is 40.4 Å². The monoisotopic (exact) mass is 402 g/mol. The number of fused-ring (bicyclic) bond motifs is 5. The van der Waals surface area contributed by atoms with Crippen molar-refractivity contribution < 1.29 is 0 Å². The first-order chi connectivity index (χ1) is 13.3. The van der Waals surface area contributed by atoms with E-state index in [1.54, 1.807) is 5.57 Å². The second-order valence-corrected chi connectivity index (χ2v) is 12.4. The van der Waals surface area contributed by atoms with Crippen LogP contribution in [0.2, 0.25) is 0 Å². The molecule has 28 heavy (non-hydrogen) atoms. The predicted molar refractivity (Wildman–Crippen MR) is 123 cm³/mol. The van der Waals surface area contributed by atoms with E-state index < -0.39 is 0 Å². The SMILES string of the molecule is CC(C)CCC[C@H](C)[C@@H]1CC[C@@H]2C3=CC=C4C[C@H](Cl)CC[C@]4(C)[C@@H]3CC[C@]21C. The maximum Gasteiger partial charge on any atom is 0.0373 e. The highest BCUT2D eigenvalue weighted by Crippen LogP contribution is 2.66. The Kier molecular flexibility index (Phi) is 5.85. The lowest BCUT2D eigenvalue weighted by molar-refractivity contribution is 0.0479. The Balaban J connectivity index is 1.53. The van der Waals surface area contributed by atoms with Crippen LogP contribution in [0.4, 0.5) is 0 Å². The van der Waals surface area contributed by atoms with E-state index in [9.17, 15) is 0 Å². The third-order valence-electron chi connectivity index (χ3n) is 9.71. The van der Waals surface area contributed by atoms with Crippen LogP contribution in [0.3, 0.4) is 0 Å². The van der Waals surface area contributed by atoms with Gasteiger partial charge in [-0.25, -0.2) is 0 Å². The molecule has 0 heterocycles. The van der Waals surface area contributed by atoms with E-state index in [1.165, 1.54) is 57.8 Å². The van der Waals surface area contributed by atoms with E-state index in [0.29, 0.717) is 16.2 Å². The highest BCUT2D eigenvalue weighted by molar-refractivity contribution is 6.20. The molecule has 4 rings (SSSR count). The van der Waals surface area contributed by atoms with Gasteiger partial charge in [-0.1, -0.05) is 77.2 Å². The van der Waals surface area contributed by atoms with Gasteiger partial charge < -0.3 is 0 Å². The van der Waals surface area contributed by atoms with Gasteiger partial charge in [-0.2, -0.15) is 0 Å². The van der Waals surface area contributed by atoms with Crippen molar-refractivity contribution in [3.05, 3.63) is 23.3 Å². The topological polar surface area (TPSA) is 0 Å². The Morgan fingerprint density at radius 1 is 0.964 bits per heavy atom. The summed E-state index contributed by atoms with van der Waals surface area (Å²) in [4.78, 5) is 0. The van der Waals surface area contributed by atoms with Gasteiger partial charge in [0.05, 0.1) is 0 Å². The second kappa shape index (κ2) is 7.79. The van der Waals surface area contributed by atoms with E-state index in [4.69, 9.17) is 11.6 Å². The fourth-order valence-corrected chi connectivity index (χ4v) is 8.26. The Morgan fingerprint density at radius 2 is 1.75 bits per heavy atom. The van der Waals surface area contributed by atoms with Crippen molar-refractivity contribution in [3.8, 4) is 0 Å². The van der Waals surface area contributed by atoms with Crippen molar-refractivity contribution in [1.29, 1.82) is 0 Å². The predicted octanol–water partition coefficient (Wildman–Crippen LogP) is 8.56. The summed E-state index contributed by atoms with van der Waals surface area (Å²) in [5, 5.41) is 0.366. The van der Waals surface area contributed by atoms with Crippen molar-refractivity contribution in [2.75, 3.05) is 0 Å². The molecule has 3 fully saturated rings. The van der Waals surface area contributed by atoms with Crippen LogP contribution in [0.15, 0.2) is 23.3 Å². The van der Waals surface area contributed by atoms with Crippen molar-refractivity contribution in [1.82, 2.24) is 0 Å². The number of hydrogen-bond donors (Lipinski definition) is 0. The maximum absolute atomic E-state index is 6.54. The molecule has 0 unspecified atom stereocenters. The smallest absolute Gasteiger partial charge is 0.0373 e. The van der Waals surface area contributed by atoms with Gasteiger partial charge in [-0.05, 0) is 85.4 Å². The molecule has 1 heteroatoms. The zero-order valence-corrected chi connectivity index (χ0v) is 19.8. The van der Waals surface area contributed by atoms with Gasteiger partial charge in [-0.3, -0.25) is 0 Å². The summed E-state index contributed by atoms with van der Waals surface area (Å²) in [6.07, 6.45) is 18.7. The molecule has 0 aliphatic heterocycles. The van der Waals surface area contributed by atoms with E-state index in [-0.39, 0.29) is 0 Å². The Morgan fingerprint density at radius 3 is 2.50 bits per heavy atom. The van der Waals surface area contributed by atoms with Crippen LogP contribution in [0, 0.1) is 40.4 Å². The molecule has 7 atom stereocenters. The standard InChI is InChI=1S/C27H43Cl/c1-18(2)7-6-8-19(3)23-11-12-24-22-10-9-20-17-21(28)13-15-26(20,4)25(22)14-16-27(23,24)5/h9-10,18-19,21,23-25H,6-8,11-17H2,1-5H3/t19-,21+,23-,24+,25+,26-,27-/m0/s1.